The van der Waals surface area contributed by atoms with Crippen LogP contribution in [0.15, 0.2) is 42.5 Å². The summed E-state index contributed by atoms with van der Waals surface area (Å²) in [5.74, 6) is -1.56. The molecule has 26 heavy (non-hydrogen) atoms. The van der Waals surface area contributed by atoms with Crippen LogP contribution >= 0.6 is 11.6 Å². The number of amides is 2. The maximum absolute atomic E-state index is 11.9. The van der Waals surface area contributed by atoms with E-state index in [0.717, 1.165) is 11.1 Å². The number of carbonyl (C=O) groups excluding carboxylic acids is 3. The van der Waals surface area contributed by atoms with Crippen LogP contribution in [-0.2, 0) is 14.3 Å². The van der Waals surface area contributed by atoms with Crippen molar-refractivity contribution in [3.8, 4) is 0 Å². The summed E-state index contributed by atoms with van der Waals surface area (Å²) in [7, 11) is 0. The van der Waals surface area contributed by atoms with Crippen molar-refractivity contribution in [2.45, 2.75) is 13.8 Å². The van der Waals surface area contributed by atoms with E-state index in [4.69, 9.17) is 16.3 Å². The molecule has 0 aliphatic heterocycles. The Morgan fingerprint density at radius 3 is 2.38 bits per heavy atom. The van der Waals surface area contributed by atoms with E-state index in [-0.39, 0.29) is 12.5 Å². The highest BCUT2D eigenvalue weighted by molar-refractivity contribution is 6.30. The first kappa shape index (κ1) is 19.5. The number of nitrogens with one attached hydrogen (secondary N) is 2. The molecule has 2 aromatic rings. The van der Waals surface area contributed by atoms with Crippen LogP contribution in [-0.4, -0.2) is 30.9 Å². The number of halogens is 1. The lowest BCUT2D eigenvalue weighted by Gasteiger charge is -2.09. The fourth-order valence-corrected chi connectivity index (χ4v) is 2.34. The molecule has 0 unspecified atom stereocenters. The molecule has 0 fully saturated rings. The van der Waals surface area contributed by atoms with Gasteiger partial charge in [0.25, 0.3) is 11.8 Å². The first-order chi connectivity index (χ1) is 12.3. The number of benzene rings is 2. The fourth-order valence-electron chi connectivity index (χ4n) is 2.11. The van der Waals surface area contributed by atoms with Crippen molar-refractivity contribution in [3.63, 3.8) is 0 Å². The summed E-state index contributed by atoms with van der Waals surface area (Å²) >= 11 is 5.85. The Hall–Kier alpha value is -2.86. The Kier molecular flexibility index (Phi) is 6.74. The second-order valence-corrected chi connectivity index (χ2v) is 6.15. The van der Waals surface area contributed by atoms with Crippen molar-refractivity contribution in [2.24, 2.45) is 0 Å². The van der Waals surface area contributed by atoms with Crippen LogP contribution in [0, 0.1) is 13.8 Å². The summed E-state index contributed by atoms with van der Waals surface area (Å²) < 4.78 is 4.85. The topological polar surface area (TPSA) is 84.5 Å². The molecule has 0 atom stereocenters. The number of esters is 1. The van der Waals surface area contributed by atoms with E-state index in [0.29, 0.717) is 16.3 Å². The van der Waals surface area contributed by atoms with Crippen molar-refractivity contribution in [1.82, 2.24) is 5.32 Å². The maximum Gasteiger partial charge on any atom is 0.325 e. The smallest absolute Gasteiger partial charge is 0.325 e. The average Bonchev–Trinajstić information content (AvgIpc) is 2.61. The zero-order valence-corrected chi connectivity index (χ0v) is 15.2. The van der Waals surface area contributed by atoms with Crippen molar-refractivity contribution < 1.29 is 19.1 Å². The van der Waals surface area contributed by atoms with Crippen LogP contribution in [0.25, 0.3) is 0 Å². The molecule has 7 heteroatoms. The monoisotopic (exact) mass is 374 g/mol. The molecule has 2 amide bonds. The van der Waals surface area contributed by atoms with E-state index < -0.39 is 18.5 Å². The van der Waals surface area contributed by atoms with Gasteiger partial charge in [-0.25, -0.2) is 0 Å². The number of ether oxygens (including phenoxy) is 1. The zero-order chi connectivity index (χ0) is 19.1. The van der Waals surface area contributed by atoms with Crippen LogP contribution in [0.2, 0.25) is 5.02 Å². The Bertz CT molecular complexity index is 819. The van der Waals surface area contributed by atoms with Crippen LogP contribution < -0.4 is 10.6 Å². The highest BCUT2D eigenvalue weighted by Gasteiger charge is 2.11. The molecule has 0 aliphatic carbocycles. The molecule has 2 aromatic carbocycles. The molecule has 0 radical (unpaired) electrons. The number of anilines is 1. The molecule has 2 N–H and O–H groups in total. The Balaban J connectivity index is 1.74. The molecule has 0 spiro atoms. The van der Waals surface area contributed by atoms with E-state index >= 15 is 0 Å². The standard InChI is InChI=1S/C19H19ClN2O4/c1-12-3-5-14(6-4-12)19(25)21-10-18(24)26-11-17(23)22-16-8-7-15(20)9-13(16)2/h3-9H,10-11H2,1-2H3,(H,21,25)(H,22,23). The number of hydrogen-bond acceptors (Lipinski definition) is 4. The lowest BCUT2D eigenvalue weighted by Crippen LogP contribution is -2.32. The normalized spacial score (nSPS) is 10.1. The van der Waals surface area contributed by atoms with E-state index in [1.807, 2.05) is 6.92 Å². The minimum atomic E-state index is -0.701. The SMILES string of the molecule is Cc1ccc(C(=O)NCC(=O)OCC(=O)Nc2ccc(Cl)cc2C)cc1. The number of hydrogen-bond donors (Lipinski definition) is 2. The molecule has 0 aliphatic rings. The number of aryl methyl sites for hydroxylation is 2. The van der Waals surface area contributed by atoms with Crippen LogP contribution in [0.4, 0.5) is 5.69 Å². The minimum absolute atomic E-state index is 0.319. The summed E-state index contributed by atoms with van der Waals surface area (Å²) in [5, 5.41) is 5.64. The van der Waals surface area contributed by atoms with Crippen LogP contribution in [0.1, 0.15) is 21.5 Å². The molecule has 0 saturated carbocycles. The highest BCUT2D eigenvalue weighted by Crippen LogP contribution is 2.19. The lowest BCUT2D eigenvalue weighted by molar-refractivity contribution is -0.146. The van der Waals surface area contributed by atoms with Gasteiger partial charge in [-0.3, -0.25) is 14.4 Å². The summed E-state index contributed by atoms with van der Waals surface area (Å²) in [6.07, 6.45) is 0. The van der Waals surface area contributed by atoms with Gasteiger partial charge in [0, 0.05) is 16.3 Å². The Morgan fingerprint density at radius 2 is 1.73 bits per heavy atom. The second kappa shape index (κ2) is 9.01. The summed E-state index contributed by atoms with van der Waals surface area (Å²) in [5.41, 5.74) is 2.85. The van der Waals surface area contributed by atoms with Gasteiger partial charge < -0.3 is 15.4 Å². The molecule has 0 aromatic heterocycles. The molecular formula is C19H19ClN2O4. The lowest BCUT2D eigenvalue weighted by atomic mass is 10.1. The first-order valence-electron chi connectivity index (χ1n) is 7.91. The highest BCUT2D eigenvalue weighted by atomic mass is 35.5. The van der Waals surface area contributed by atoms with Gasteiger partial charge in [-0.2, -0.15) is 0 Å². The van der Waals surface area contributed by atoms with Crippen LogP contribution in [0.5, 0.6) is 0 Å². The van der Waals surface area contributed by atoms with Crippen molar-refractivity contribution >= 4 is 35.1 Å². The van der Waals surface area contributed by atoms with E-state index in [2.05, 4.69) is 10.6 Å². The second-order valence-electron chi connectivity index (χ2n) is 5.72. The Morgan fingerprint density at radius 1 is 1.04 bits per heavy atom. The first-order valence-corrected chi connectivity index (χ1v) is 8.29. The molecule has 0 bridgehead atoms. The van der Waals surface area contributed by atoms with Gasteiger partial charge in [-0.1, -0.05) is 29.3 Å². The molecule has 0 saturated heterocycles. The van der Waals surface area contributed by atoms with Gasteiger partial charge in [-0.15, -0.1) is 0 Å². The van der Waals surface area contributed by atoms with Gasteiger partial charge in [0.1, 0.15) is 6.54 Å². The number of carbonyl (C=O) groups is 3. The van der Waals surface area contributed by atoms with E-state index in [9.17, 15) is 14.4 Å². The molecule has 0 heterocycles. The van der Waals surface area contributed by atoms with E-state index in [1.54, 1.807) is 49.4 Å². The van der Waals surface area contributed by atoms with Crippen molar-refractivity contribution in [1.29, 1.82) is 0 Å². The molecular weight excluding hydrogens is 356 g/mol. The predicted molar refractivity (Wildman–Crippen MR) is 99.3 cm³/mol. The third kappa shape index (κ3) is 5.89. The third-order valence-corrected chi connectivity index (χ3v) is 3.77. The van der Waals surface area contributed by atoms with Gasteiger partial charge in [0.05, 0.1) is 0 Å². The molecule has 6 nitrogen and oxygen atoms in total. The fraction of sp³-hybridized carbons (Fsp3) is 0.211. The van der Waals surface area contributed by atoms with Crippen molar-refractivity contribution in [2.75, 3.05) is 18.5 Å². The quantitative estimate of drug-likeness (QED) is 0.761. The Labute approximate surface area is 156 Å². The van der Waals surface area contributed by atoms with Gasteiger partial charge in [0.2, 0.25) is 0 Å². The van der Waals surface area contributed by atoms with E-state index in [1.165, 1.54) is 0 Å². The minimum Gasteiger partial charge on any atom is -0.454 e. The van der Waals surface area contributed by atoms with Gasteiger partial charge >= 0.3 is 5.97 Å². The largest absolute Gasteiger partial charge is 0.454 e. The van der Waals surface area contributed by atoms with Crippen LogP contribution in [0.3, 0.4) is 0 Å². The number of rotatable bonds is 6. The summed E-state index contributed by atoms with van der Waals surface area (Å²) in [6, 6.07) is 12.0. The van der Waals surface area contributed by atoms with Gasteiger partial charge in [-0.05, 0) is 49.7 Å². The summed E-state index contributed by atoms with van der Waals surface area (Å²) in [6.45, 7) is 2.95. The third-order valence-electron chi connectivity index (χ3n) is 3.53. The van der Waals surface area contributed by atoms with Gasteiger partial charge in [0.15, 0.2) is 6.61 Å². The zero-order valence-electron chi connectivity index (χ0n) is 14.5. The maximum atomic E-state index is 11.9. The average molecular weight is 375 g/mol. The molecule has 2 rings (SSSR count). The predicted octanol–water partition coefficient (Wildman–Crippen LogP) is 2.87. The molecule has 136 valence electrons. The van der Waals surface area contributed by atoms with Crippen molar-refractivity contribution in [3.05, 3.63) is 64.2 Å². The summed E-state index contributed by atoms with van der Waals surface area (Å²) in [4.78, 5) is 35.4.